The maximum absolute atomic E-state index is 5.55. The second kappa shape index (κ2) is 7.95. The molecule has 3 aromatic carbocycles. The van der Waals surface area contributed by atoms with Crippen LogP contribution in [0.15, 0.2) is 78.9 Å². The number of hydrogen-bond donors (Lipinski definition) is 2. The number of hydrogen-bond acceptors (Lipinski definition) is 1. The van der Waals surface area contributed by atoms with Crippen LogP contribution in [0.2, 0.25) is 0 Å². The van der Waals surface area contributed by atoms with Gasteiger partial charge in [0.05, 0.1) is 6.04 Å². The molecule has 0 aliphatic carbocycles. The van der Waals surface area contributed by atoms with Crippen molar-refractivity contribution < 1.29 is 0 Å². The van der Waals surface area contributed by atoms with Crippen molar-refractivity contribution in [2.45, 2.75) is 19.9 Å². The second-order valence-corrected chi connectivity index (χ2v) is 6.63. The van der Waals surface area contributed by atoms with Gasteiger partial charge in [0.25, 0.3) is 0 Å². The van der Waals surface area contributed by atoms with E-state index in [9.17, 15) is 0 Å². The molecular formula is C22H22N2S. The zero-order chi connectivity index (χ0) is 17.6. The van der Waals surface area contributed by atoms with Crippen molar-refractivity contribution in [1.82, 2.24) is 5.32 Å². The Hall–Kier alpha value is -2.65. The average molecular weight is 346 g/mol. The lowest BCUT2D eigenvalue weighted by Crippen LogP contribution is -2.33. The monoisotopic (exact) mass is 346 g/mol. The highest BCUT2D eigenvalue weighted by Gasteiger charge is 2.15. The fourth-order valence-corrected chi connectivity index (χ4v) is 2.93. The second-order valence-electron chi connectivity index (χ2n) is 6.22. The lowest BCUT2D eigenvalue weighted by molar-refractivity contribution is 0.768. The van der Waals surface area contributed by atoms with Crippen molar-refractivity contribution in [1.29, 1.82) is 0 Å². The van der Waals surface area contributed by atoms with E-state index in [0.29, 0.717) is 5.11 Å². The van der Waals surface area contributed by atoms with Crippen LogP contribution in [0.3, 0.4) is 0 Å². The number of aryl methyl sites for hydroxylation is 2. The van der Waals surface area contributed by atoms with Crippen molar-refractivity contribution in [3.8, 4) is 0 Å². The molecule has 0 saturated carbocycles. The standard InChI is InChI=1S/C22H22N2S/c1-16-8-12-19(13-9-16)21(18-6-4-3-5-7-18)24-22(25)23-20-14-10-17(2)11-15-20/h3-15,21H,1-2H3,(H2,23,24,25)/t21-/m1/s1. The van der Waals surface area contributed by atoms with E-state index < -0.39 is 0 Å². The summed E-state index contributed by atoms with van der Waals surface area (Å²) in [5.74, 6) is 0. The summed E-state index contributed by atoms with van der Waals surface area (Å²) in [6.45, 7) is 4.17. The molecule has 126 valence electrons. The van der Waals surface area contributed by atoms with Gasteiger partial charge in [0.1, 0.15) is 0 Å². The lowest BCUT2D eigenvalue weighted by atomic mass is 9.98. The molecule has 0 unspecified atom stereocenters. The zero-order valence-electron chi connectivity index (χ0n) is 14.5. The minimum atomic E-state index is 0.00671. The molecule has 3 aromatic rings. The number of anilines is 1. The molecule has 2 N–H and O–H groups in total. The van der Waals surface area contributed by atoms with Crippen LogP contribution < -0.4 is 10.6 Å². The molecule has 0 aliphatic heterocycles. The van der Waals surface area contributed by atoms with Gasteiger partial charge in [-0.15, -0.1) is 0 Å². The highest BCUT2D eigenvalue weighted by atomic mass is 32.1. The van der Waals surface area contributed by atoms with Gasteiger partial charge in [-0.2, -0.15) is 0 Å². The van der Waals surface area contributed by atoms with E-state index >= 15 is 0 Å². The van der Waals surface area contributed by atoms with Crippen molar-refractivity contribution in [3.05, 3.63) is 101 Å². The van der Waals surface area contributed by atoms with Crippen molar-refractivity contribution >= 4 is 23.0 Å². The molecule has 0 bridgehead atoms. The van der Waals surface area contributed by atoms with E-state index in [1.165, 1.54) is 22.3 Å². The first-order chi connectivity index (χ1) is 12.1. The maximum atomic E-state index is 5.55. The van der Waals surface area contributed by atoms with E-state index in [4.69, 9.17) is 12.2 Å². The van der Waals surface area contributed by atoms with E-state index in [0.717, 1.165) is 5.69 Å². The largest absolute Gasteiger partial charge is 0.352 e. The Morgan fingerprint density at radius 2 is 1.24 bits per heavy atom. The lowest BCUT2D eigenvalue weighted by Gasteiger charge is -2.22. The normalized spacial score (nSPS) is 11.6. The average Bonchev–Trinajstić information content (AvgIpc) is 2.63. The molecule has 0 spiro atoms. The third-order valence-corrected chi connectivity index (χ3v) is 4.35. The van der Waals surface area contributed by atoms with Gasteiger partial charge >= 0.3 is 0 Å². The maximum Gasteiger partial charge on any atom is 0.171 e. The predicted molar refractivity (Wildman–Crippen MR) is 110 cm³/mol. The summed E-state index contributed by atoms with van der Waals surface area (Å²) in [4.78, 5) is 0. The smallest absolute Gasteiger partial charge is 0.171 e. The van der Waals surface area contributed by atoms with Gasteiger partial charge in [-0.05, 0) is 49.3 Å². The van der Waals surface area contributed by atoms with Crippen LogP contribution >= 0.6 is 12.2 Å². The molecule has 0 fully saturated rings. The summed E-state index contributed by atoms with van der Waals surface area (Å²) < 4.78 is 0. The summed E-state index contributed by atoms with van der Waals surface area (Å²) in [5.41, 5.74) is 5.82. The van der Waals surface area contributed by atoms with E-state index in [1.54, 1.807) is 0 Å². The minimum absolute atomic E-state index is 0.00671. The van der Waals surface area contributed by atoms with Crippen LogP contribution in [0.25, 0.3) is 0 Å². The molecule has 3 heteroatoms. The van der Waals surface area contributed by atoms with Gasteiger partial charge < -0.3 is 10.6 Å². The van der Waals surface area contributed by atoms with Crippen LogP contribution in [-0.2, 0) is 0 Å². The molecule has 0 aliphatic rings. The van der Waals surface area contributed by atoms with Gasteiger partial charge in [0.2, 0.25) is 0 Å². The molecule has 0 radical (unpaired) electrons. The molecule has 2 nitrogen and oxygen atoms in total. The van der Waals surface area contributed by atoms with E-state index in [2.05, 4.69) is 85.1 Å². The fourth-order valence-electron chi connectivity index (χ4n) is 2.70. The van der Waals surface area contributed by atoms with E-state index in [1.807, 2.05) is 18.2 Å². The Morgan fingerprint density at radius 3 is 1.84 bits per heavy atom. The number of rotatable bonds is 4. The summed E-state index contributed by atoms with van der Waals surface area (Å²) in [5, 5.41) is 7.33. The number of thiocarbonyl (C=S) groups is 1. The SMILES string of the molecule is Cc1ccc(NC(=S)N[C@H](c2ccccc2)c2ccc(C)cc2)cc1. The summed E-state index contributed by atoms with van der Waals surface area (Å²) >= 11 is 5.55. The third-order valence-electron chi connectivity index (χ3n) is 4.13. The van der Waals surface area contributed by atoms with Crippen LogP contribution in [0.5, 0.6) is 0 Å². The first-order valence-corrected chi connectivity index (χ1v) is 8.78. The number of benzene rings is 3. The van der Waals surface area contributed by atoms with Gasteiger partial charge in [-0.25, -0.2) is 0 Å². The van der Waals surface area contributed by atoms with Gasteiger partial charge in [-0.3, -0.25) is 0 Å². The highest BCUT2D eigenvalue weighted by molar-refractivity contribution is 7.80. The molecular weight excluding hydrogens is 324 g/mol. The highest BCUT2D eigenvalue weighted by Crippen LogP contribution is 2.22. The Morgan fingerprint density at radius 1 is 0.720 bits per heavy atom. The molecule has 25 heavy (non-hydrogen) atoms. The fraction of sp³-hybridized carbons (Fsp3) is 0.136. The third kappa shape index (κ3) is 4.68. The van der Waals surface area contributed by atoms with Crippen molar-refractivity contribution in [3.63, 3.8) is 0 Å². The first kappa shape index (κ1) is 17.2. The Balaban J connectivity index is 1.81. The van der Waals surface area contributed by atoms with Crippen LogP contribution in [-0.4, -0.2) is 5.11 Å². The molecule has 3 rings (SSSR count). The summed E-state index contributed by atoms with van der Waals surface area (Å²) in [6, 6.07) is 27.1. The molecule has 0 saturated heterocycles. The Kier molecular flexibility index (Phi) is 5.46. The summed E-state index contributed by atoms with van der Waals surface area (Å²) in [7, 11) is 0. The minimum Gasteiger partial charge on any atom is -0.352 e. The number of nitrogens with one attached hydrogen (secondary N) is 2. The van der Waals surface area contributed by atoms with Crippen molar-refractivity contribution in [2.24, 2.45) is 0 Å². The predicted octanol–water partition coefficient (Wildman–Crippen LogP) is 5.38. The topological polar surface area (TPSA) is 24.1 Å². The molecule has 0 amide bonds. The molecule has 0 aromatic heterocycles. The quantitative estimate of drug-likeness (QED) is 0.620. The van der Waals surface area contributed by atoms with Crippen LogP contribution in [0.1, 0.15) is 28.3 Å². The van der Waals surface area contributed by atoms with Gasteiger partial charge in [0, 0.05) is 5.69 Å². The van der Waals surface area contributed by atoms with Crippen molar-refractivity contribution in [2.75, 3.05) is 5.32 Å². The first-order valence-electron chi connectivity index (χ1n) is 8.37. The molecule has 0 heterocycles. The van der Waals surface area contributed by atoms with Gasteiger partial charge in [-0.1, -0.05) is 77.9 Å². The Labute approximate surface area is 154 Å². The molecule has 1 atom stereocenters. The Bertz CT molecular complexity index is 824. The van der Waals surface area contributed by atoms with E-state index in [-0.39, 0.29) is 6.04 Å². The zero-order valence-corrected chi connectivity index (χ0v) is 15.3. The van der Waals surface area contributed by atoms with Gasteiger partial charge in [0.15, 0.2) is 5.11 Å². The van der Waals surface area contributed by atoms with Crippen LogP contribution in [0, 0.1) is 13.8 Å². The summed E-state index contributed by atoms with van der Waals surface area (Å²) in [6.07, 6.45) is 0. The van der Waals surface area contributed by atoms with Crippen LogP contribution in [0.4, 0.5) is 5.69 Å².